The van der Waals surface area contributed by atoms with E-state index in [9.17, 15) is 19.7 Å². The largest absolute Gasteiger partial charge is 0.273 e. The minimum atomic E-state index is -0.988. The van der Waals surface area contributed by atoms with E-state index in [0.717, 1.165) is 21.0 Å². The molecule has 5 rings (SSSR count). The summed E-state index contributed by atoms with van der Waals surface area (Å²) >= 11 is 1.62. The van der Waals surface area contributed by atoms with Crippen LogP contribution in [0.1, 0.15) is 11.6 Å². The number of nitrogens with zero attached hydrogens (tertiary/aromatic N) is 3. The minimum Gasteiger partial charge on any atom is -0.273 e. The Labute approximate surface area is 193 Å². The van der Waals surface area contributed by atoms with Crippen molar-refractivity contribution in [1.29, 1.82) is 0 Å². The van der Waals surface area contributed by atoms with E-state index in [0.29, 0.717) is 0 Å². The summed E-state index contributed by atoms with van der Waals surface area (Å²) in [6.45, 7) is 0. The highest BCUT2D eigenvalue weighted by Gasteiger charge is 2.60. The van der Waals surface area contributed by atoms with Crippen LogP contribution in [0.15, 0.2) is 83.8 Å². The van der Waals surface area contributed by atoms with Gasteiger partial charge in [0, 0.05) is 17.0 Å². The van der Waals surface area contributed by atoms with Crippen LogP contribution >= 0.6 is 11.8 Å². The Hall–Kier alpha value is -3.69. The van der Waals surface area contributed by atoms with E-state index in [1.807, 2.05) is 60.9 Å². The third kappa shape index (κ3) is 3.55. The molecule has 0 aromatic heterocycles. The molecular weight excluding hydrogens is 442 g/mol. The van der Waals surface area contributed by atoms with Crippen LogP contribution in [0.5, 0.6) is 0 Å². The number of nitro benzene ring substituents is 1. The van der Waals surface area contributed by atoms with Gasteiger partial charge >= 0.3 is 0 Å². The topological polar surface area (TPSA) is 93.0 Å². The molecule has 2 aliphatic rings. The van der Waals surface area contributed by atoms with Crippen molar-refractivity contribution in [2.45, 2.75) is 17.0 Å². The number of benzene rings is 3. The molecule has 0 aliphatic carbocycles. The molecule has 0 unspecified atom stereocenters. The van der Waals surface area contributed by atoms with E-state index in [-0.39, 0.29) is 11.4 Å². The van der Waals surface area contributed by atoms with Gasteiger partial charge in [0.05, 0.1) is 22.3 Å². The summed E-state index contributed by atoms with van der Waals surface area (Å²) in [5, 5.41) is 12.6. The number of para-hydroxylation sites is 1. The fraction of sp³-hybridized carbons (Fsp3) is 0.167. The molecule has 0 spiro atoms. The lowest BCUT2D eigenvalue weighted by molar-refractivity contribution is -0.384. The molecular formula is C24H19N3O5S. The van der Waals surface area contributed by atoms with Crippen LogP contribution in [0.4, 0.5) is 17.1 Å². The first-order valence-electron chi connectivity index (χ1n) is 10.3. The maximum atomic E-state index is 13.6. The van der Waals surface area contributed by atoms with Gasteiger partial charge in [-0.05, 0) is 48.2 Å². The Kier molecular flexibility index (Phi) is 5.35. The first kappa shape index (κ1) is 21.2. The maximum absolute atomic E-state index is 13.6. The van der Waals surface area contributed by atoms with Gasteiger partial charge in [-0.2, -0.15) is 0 Å². The maximum Gasteiger partial charge on any atom is 0.269 e. The summed E-state index contributed by atoms with van der Waals surface area (Å²) in [5.74, 6) is -1.63. The average Bonchev–Trinajstić information content (AvgIpc) is 3.35. The van der Waals surface area contributed by atoms with E-state index in [1.165, 1.54) is 24.3 Å². The van der Waals surface area contributed by atoms with Crippen molar-refractivity contribution in [3.63, 3.8) is 0 Å². The number of amides is 2. The van der Waals surface area contributed by atoms with Gasteiger partial charge in [-0.3, -0.25) is 24.5 Å². The molecule has 0 bridgehead atoms. The Morgan fingerprint density at radius 3 is 2.15 bits per heavy atom. The van der Waals surface area contributed by atoms with Crippen molar-refractivity contribution < 1.29 is 19.3 Å². The quantitative estimate of drug-likeness (QED) is 0.241. The molecule has 0 N–H and O–H groups in total. The van der Waals surface area contributed by atoms with Crippen molar-refractivity contribution in [2.24, 2.45) is 5.92 Å². The molecule has 2 fully saturated rings. The summed E-state index contributed by atoms with van der Waals surface area (Å²) < 4.78 is 0. The van der Waals surface area contributed by atoms with Gasteiger partial charge in [-0.1, -0.05) is 30.3 Å². The van der Waals surface area contributed by atoms with Gasteiger partial charge < -0.3 is 0 Å². The van der Waals surface area contributed by atoms with Crippen LogP contribution in [-0.4, -0.2) is 29.1 Å². The third-order valence-corrected chi connectivity index (χ3v) is 6.65. The normalized spacial score (nSPS) is 22.0. The predicted molar refractivity (Wildman–Crippen MR) is 124 cm³/mol. The van der Waals surface area contributed by atoms with Crippen molar-refractivity contribution in [3.8, 4) is 0 Å². The summed E-state index contributed by atoms with van der Waals surface area (Å²) in [5.41, 5.74) is 1.77. The van der Waals surface area contributed by atoms with E-state index in [2.05, 4.69) is 0 Å². The van der Waals surface area contributed by atoms with Gasteiger partial charge in [-0.25, -0.2) is 9.96 Å². The molecule has 9 heteroatoms. The monoisotopic (exact) mass is 461 g/mol. The molecule has 2 aliphatic heterocycles. The number of fused-ring (bicyclic) bond motifs is 1. The van der Waals surface area contributed by atoms with E-state index in [1.54, 1.807) is 16.8 Å². The van der Waals surface area contributed by atoms with Crippen molar-refractivity contribution in [2.75, 3.05) is 16.2 Å². The van der Waals surface area contributed by atoms with E-state index < -0.39 is 34.8 Å². The number of nitro groups is 1. The molecule has 2 saturated heterocycles. The van der Waals surface area contributed by atoms with Gasteiger partial charge in [0.15, 0.2) is 6.10 Å². The van der Waals surface area contributed by atoms with Crippen LogP contribution in [-0.2, 0) is 14.4 Å². The van der Waals surface area contributed by atoms with Gasteiger partial charge in [0.2, 0.25) is 5.91 Å². The molecule has 0 saturated carbocycles. The van der Waals surface area contributed by atoms with Crippen molar-refractivity contribution >= 4 is 40.6 Å². The second-order valence-corrected chi connectivity index (χ2v) is 8.60. The van der Waals surface area contributed by atoms with Crippen molar-refractivity contribution in [3.05, 3.63) is 94.5 Å². The summed E-state index contributed by atoms with van der Waals surface area (Å²) in [4.78, 5) is 45.5. The molecule has 3 aromatic rings. The molecule has 2 amide bonds. The second kappa shape index (κ2) is 8.34. The standard InChI is InChI=1S/C24H19N3O5S/c1-33-19-13-7-15(8-14-19)21-20-22(32-26(21)17-5-3-2-4-6-17)24(29)25(23(20)28)16-9-11-18(12-10-16)27(30)31/h2-14,20-22H,1H3/t20-,21-,22+/m0/s1. The minimum absolute atomic E-state index is 0.115. The van der Waals surface area contributed by atoms with Gasteiger partial charge in [0.1, 0.15) is 5.92 Å². The molecule has 33 heavy (non-hydrogen) atoms. The number of carbonyl (C=O) groups excluding carboxylic acids is 2. The fourth-order valence-electron chi connectivity index (χ4n) is 4.33. The van der Waals surface area contributed by atoms with E-state index >= 15 is 0 Å². The number of carbonyl (C=O) groups is 2. The highest BCUT2D eigenvalue weighted by molar-refractivity contribution is 7.98. The van der Waals surface area contributed by atoms with Crippen LogP contribution in [0, 0.1) is 16.0 Å². The first-order chi connectivity index (χ1) is 16.0. The highest BCUT2D eigenvalue weighted by atomic mass is 32.2. The Balaban J connectivity index is 1.54. The van der Waals surface area contributed by atoms with Crippen molar-refractivity contribution in [1.82, 2.24) is 0 Å². The average molecular weight is 461 g/mol. The smallest absolute Gasteiger partial charge is 0.269 e. The number of hydrogen-bond acceptors (Lipinski definition) is 7. The SMILES string of the molecule is CSc1ccc([C@H]2[C@@H]3C(=O)N(c4ccc([N+](=O)[O-])cc4)C(=O)[C@@H]3ON2c2ccccc2)cc1. The molecule has 8 nitrogen and oxygen atoms in total. The van der Waals surface area contributed by atoms with Gasteiger partial charge in [0.25, 0.3) is 11.6 Å². The second-order valence-electron chi connectivity index (χ2n) is 7.72. The number of anilines is 2. The third-order valence-electron chi connectivity index (χ3n) is 5.90. The number of hydroxylamine groups is 1. The highest BCUT2D eigenvalue weighted by Crippen LogP contribution is 2.47. The lowest BCUT2D eigenvalue weighted by Crippen LogP contribution is -2.37. The zero-order chi connectivity index (χ0) is 23.1. The van der Waals surface area contributed by atoms with E-state index in [4.69, 9.17) is 4.84 Å². The zero-order valence-electron chi connectivity index (χ0n) is 17.5. The predicted octanol–water partition coefficient (Wildman–Crippen LogP) is 4.37. The fourth-order valence-corrected chi connectivity index (χ4v) is 4.74. The lowest BCUT2D eigenvalue weighted by Gasteiger charge is -2.28. The van der Waals surface area contributed by atoms with Crippen LogP contribution < -0.4 is 9.96 Å². The lowest BCUT2D eigenvalue weighted by atomic mass is 9.90. The Morgan fingerprint density at radius 1 is 0.879 bits per heavy atom. The molecule has 3 atom stereocenters. The van der Waals surface area contributed by atoms with Gasteiger partial charge in [-0.15, -0.1) is 11.8 Å². The number of hydrogen-bond donors (Lipinski definition) is 0. The van der Waals surface area contributed by atoms with Crippen LogP contribution in [0.2, 0.25) is 0 Å². The number of thioether (sulfide) groups is 1. The van der Waals surface area contributed by atoms with Crippen LogP contribution in [0.25, 0.3) is 0 Å². The van der Waals surface area contributed by atoms with Crippen LogP contribution in [0.3, 0.4) is 0 Å². The number of imide groups is 1. The summed E-state index contributed by atoms with van der Waals surface area (Å²) in [6.07, 6.45) is 0.999. The molecule has 2 heterocycles. The zero-order valence-corrected chi connectivity index (χ0v) is 18.3. The summed E-state index contributed by atoms with van der Waals surface area (Å²) in [6, 6.07) is 22.1. The first-order valence-corrected chi connectivity index (χ1v) is 11.5. The number of rotatable bonds is 5. The molecule has 166 valence electrons. The molecule has 0 radical (unpaired) electrons. The Bertz CT molecular complexity index is 1220. The summed E-state index contributed by atoms with van der Waals surface area (Å²) in [7, 11) is 0. The number of non-ortho nitro benzene ring substituents is 1. The molecule has 3 aromatic carbocycles. The Morgan fingerprint density at radius 2 is 1.55 bits per heavy atom.